The molecule has 2 heterocycles. The largest absolute Gasteiger partial charge is 0.344 e. The van der Waals surface area contributed by atoms with Crippen LogP contribution in [-0.2, 0) is 4.79 Å². The Hall–Kier alpha value is -2.27. The van der Waals surface area contributed by atoms with Gasteiger partial charge in [0.15, 0.2) is 5.82 Å². The lowest BCUT2D eigenvalue weighted by Gasteiger charge is -1.99. The van der Waals surface area contributed by atoms with Crippen LogP contribution < -0.4 is 10.6 Å². The molecule has 5 nitrogen and oxygen atoms in total. The number of benzene rings is 1. The zero-order valence-electron chi connectivity index (χ0n) is 9.20. The summed E-state index contributed by atoms with van der Waals surface area (Å²) < 4.78 is 0. The Morgan fingerprint density at radius 3 is 3.00 bits per heavy atom. The number of hydrogen-bond donors (Lipinski definition) is 3. The van der Waals surface area contributed by atoms with Gasteiger partial charge in [-0.1, -0.05) is 11.6 Å². The Bertz CT molecular complexity index is 634. The molecule has 1 aromatic carbocycles. The van der Waals surface area contributed by atoms with Gasteiger partial charge in [0.1, 0.15) is 0 Å². The number of anilines is 2. The van der Waals surface area contributed by atoms with E-state index in [9.17, 15) is 4.79 Å². The molecule has 1 amide bonds. The highest BCUT2D eigenvalue weighted by Crippen LogP contribution is 2.33. The Labute approximate surface area is 108 Å². The van der Waals surface area contributed by atoms with Crippen LogP contribution in [0.15, 0.2) is 36.7 Å². The van der Waals surface area contributed by atoms with Crippen LogP contribution in [-0.4, -0.2) is 16.1 Å². The molecule has 3 N–H and O–H groups in total. The highest BCUT2D eigenvalue weighted by atomic mass is 35.5. The average molecular weight is 261 g/mol. The summed E-state index contributed by atoms with van der Waals surface area (Å²) in [5.74, 6) is 0.487. The van der Waals surface area contributed by atoms with Crippen LogP contribution in [0, 0.1) is 0 Å². The Balaban J connectivity index is 1.95. The molecule has 1 aromatic heterocycles. The van der Waals surface area contributed by atoms with Gasteiger partial charge in [0.25, 0.3) is 5.91 Å². The van der Waals surface area contributed by atoms with E-state index in [4.69, 9.17) is 11.6 Å². The lowest BCUT2D eigenvalue weighted by atomic mass is 10.1. The van der Waals surface area contributed by atoms with Gasteiger partial charge in [-0.25, -0.2) is 0 Å². The number of aromatic amines is 1. The predicted octanol–water partition coefficient (Wildman–Crippen LogP) is 2.47. The maximum Gasteiger partial charge on any atom is 0.257 e. The third kappa shape index (κ3) is 1.84. The van der Waals surface area contributed by atoms with Crippen LogP contribution in [0.2, 0.25) is 5.02 Å². The molecule has 2 aromatic rings. The van der Waals surface area contributed by atoms with E-state index in [0.29, 0.717) is 16.4 Å². The molecule has 0 atom stereocenters. The van der Waals surface area contributed by atoms with Gasteiger partial charge in [-0.05, 0) is 18.2 Å². The number of hydrogen-bond acceptors (Lipinski definition) is 3. The Kier molecular flexibility index (Phi) is 2.53. The summed E-state index contributed by atoms with van der Waals surface area (Å²) in [6.45, 7) is 0. The van der Waals surface area contributed by atoms with E-state index in [0.717, 1.165) is 11.3 Å². The second kappa shape index (κ2) is 4.19. The summed E-state index contributed by atoms with van der Waals surface area (Å²) in [6, 6.07) is 7.05. The molecule has 0 spiro atoms. The summed E-state index contributed by atoms with van der Waals surface area (Å²) in [4.78, 5) is 11.8. The number of nitrogens with one attached hydrogen (secondary N) is 3. The number of halogens is 1. The molecule has 1 aliphatic rings. The number of fused-ring (bicyclic) bond motifs is 1. The fourth-order valence-electron chi connectivity index (χ4n) is 1.79. The molecule has 6 heteroatoms. The molecule has 0 radical (unpaired) electrons. The van der Waals surface area contributed by atoms with Gasteiger partial charge in [-0.2, -0.15) is 5.10 Å². The maximum absolute atomic E-state index is 11.8. The van der Waals surface area contributed by atoms with Crippen molar-refractivity contribution in [2.45, 2.75) is 0 Å². The van der Waals surface area contributed by atoms with Crippen molar-refractivity contribution in [2.75, 3.05) is 10.6 Å². The first kappa shape index (κ1) is 10.9. The van der Waals surface area contributed by atoms with E-state index in [1.54, 1.807) is 36.7 Å². The van der Waals surface area contributed by atoms with E-state index < -0.39 is 0 Å². The zero-order valence-corrected chi connectivity index (χ0v) is 9.95. The monoisotopic (exact) mass is 260 g/mol. The van der Waals surface area contributed by atoms with E-state index in [-0.39, 0.29) is 5.91 Å². The van der Waals surface area contributed by atoms with Crippen molar-refractivity contribution in [1.82, 2.24) is 10.2 Å². The molecule has 0 fully saturated rings. The highest BCUT2D eigenvalue weighted by Gasteiger charge is 2.24. The third-order valence-electron chi connectivity index (χ3n) is 2.63. The number of carbonyl (C=O) groups is 1. The number of H-pyrrole nitrogens is 1. The van der Waals surface area contributed by atoms with Crippen LogP contribution >= 0.6 is 11.6 Å². The van der Waals surface area contributed by atoms with E-state index in [2.05, 4.69) is 20.8 Å². The molecular formula is C12H9ClN4O. The summed E-state index contributed by atoms with van der Waals surface area (Å²) in [5.41, 5.74) is 2.09. The van der Waals surface area contributed by atoms with Crippen LogP contribution in [0.5, 0.6) is 0 Å². The van der Waals surface area contributed by atoms with Gasteiger partial charge in [0, 0.05) is 34.7 Å². The minimum atomic E-state index is -0.157. The number of aromatic nitrogens is 2. The Morgan fingerprint density at radius 2 is 2.22 bits per heavy atom. The molecule has 18 heavy (non-hydrogen) atoms. The number of amides is 1. The smallest absolute Gasteiger partial charge is 0.257 e. The van der Waals surface area contributed by atoms with Crippen molar-refractivity contribution in [2.24, 2.45) is 0 Å². The first-order valence-corrected chi connectivity index (χ1v) is 5.69. The van der Waals surface area contributed by atoms with Crippen molar-refractivity contribution in [1.29, 1.82) is 0 Å². The van der Waals surface area contributed by atoms with Crippen molar-refractivity contribution >= 4 is 34.6 Å². The van der Waals surface area contributed by atoms with E-state index in [1.807, 2.05) is 0 Å². The molecule has 1 aliphatic heterocycles. The standard InChI is InChI=1S/C12H9ClN4O/c13-7-1-2-10-8(5-7)9(12(18)16-10)6-14-11-3-4-15-17-11/h1-6H,(H,16,18)(H2,14,15,17)/b9-6-. The lowest BCUT2D eigenvalue weighted by molar-refractivity contribution is -0.110. The molecule has 0 unspecified atom stereocenters. The first-order chi connectivity index (χ1) is 8.74. The Morgan fingerprint density at radius 1 is 1.33 bits per heavy atom. The molecular weight excluding hydrogens is 252 g/mol. The van der Waals surface area contributed by atoms with Gasteiger partial charge in [0.05, 0.1) is 5.57 Å². The maximum atomic E-state index is 11.8. The second-order valence-corrected chi connectivity index (χ2v) is 4.24. The normalized spacial score (nSPS) is 15.6. The fraction of sp³-hybridized carbons (Fsp3) is 0. The quantitative estimate of drug-likeness (QED) is 0.727. The van der Waals surface area contributed by atoms with Crippen molar-refractivity contribution in [3.8, 4) is 0 Å². The van der Waals surface area contributed by atoms with Crippen LogP contribution in [0.3, 0.4) is 0 Å². The van der Waals surface area contributed by atoms with E-state index in [1.165, 1.54) is 0 Å². The number of rotatable bonds is 2. The fourth-order valence-corrected chi connectivity index (χ4v) is 1.96. The third-order valence-corrected chi connectivity index (χ3v) is 2.86. The minimum absolute atomic E-state index is 0.157. The lowest BCUT2D eigenvalue weighted by Crippen LogP contribution is -2.05. The van der Waals surface area contributed by atoms with Crippen molar-refractivity contribution in [3.05, 3.63) is 47.2 Å². The summed E-state index contributed by atoms with van der Waals surface area (Å²) in [5, 5.41) is 12.9. The summed E-state index contributed by atoms with van der Waals surface area (Å²) in [6.07, 6.45) is 3.31. The second-order valence-electron chi connectivity index (χ2n) is 3.81. The topological polar surface area (TPSA) is 69.8 Å². The van der Waals surface area contributed by atoms with Gasteiger partial charge < -0.3 is 10.6 Å². The van der Waals surface area contributed by atoms with Crippen LogP contribution in [0.25, 0.3) is 5.57 Å². The molecule has 0 saturated carbocycles. The predicted molar refractivity (Wildman–Crippen MR) is 70.3 cm³/mol. The summed E-state index contributed by atoms with van der Waals surface area (Å²) >= 11 is 5.93. The number of carbonyl (C=O) groups excluding carboxylic acids is 1. The molecule has 0 aliphatic carbocycles. The molecule has 0 bridgehead atoms. The van der Waals surface area contributed by atoms with Crippen molar-refractivity contribution in [3.63, 3.8) is 0 Å². The SMILES string of the molecule is O=C1Nc2ccc(Cl)cc2/C1=C/Nc1cc[nH]n1. The van der Waals surface area contributed by atoms with Gasteiger partial charge in [-0.3, -0.25) is 9.89 Å². The molecule has 3 rings (SSSR count). The summed E-state index contributed by atoms with van der Waals surface area (Å²) in [7, 11) is 0. The van der Waals surface area contributed by atoms with Crippen LogP contribution in [0.4, 0.5) is 11.5 Å². The first-order valence-electron chi connectivity index (χ1n) is 5.32. The average Bonchev–Trinajstić information content (AvgIpc) is 2.94. The molecule has 0 saturated heterocycles. The minimum Gasteiger partial charge on any atom is -0.344 e. The highest BCUT2D eigenvalue weighted by molar-refractivity contribution is 6.34. The van der Waals surface area contributed by atoms with Gasteiger partial charge in [0.2, 0.25) is 0 Å². The zero-order chi connectivity index (χ0) is 12.5. The van der Waals surface area contributed by atoms with Gasteiger partial charge in [-0.15, -0.1) is 0 Å². The molecule has 90 valence electrons. The van der Waals surface area contributed by atoms with E-state index >= 15 is 0 Å². The van der Waals surface area contributed by atoms with Gasteiger partial charge >= 0.3 is 0 Å². The number of nitrogens with zero attached hydrogens (tertiary/aromatic N) is 1. The van der Waals surface area contributed by atoms with Crippen LogP contribution in [0.1, 0.15) is 5.56 Å². The van der Waals surface area contributed by atoms with Crippen molar-refractivity contribution < 1.29 is 4.79 Å².